The number of alkyl halides is 3. The number of halogens is 4. The second kappa shape index (κ2) is 13.9. The summed E-state index contributed by atoms with van der Waals surface area (Å²) in [5.74, 6) is -4.08. The van der Waals surface area contributed by atoms with Gasteiger partial charge < -0.3 is 25.2 Å². The first kappa shape index (κ1) is 35.0. The van der Waals surface area contributed by atoms with E-state index in [0.717, 1.165) is 30.7 Å². The number of carboxylic acids is 1. The predicted octanol–water partition coefficient (Wildman–Crippen LogP) is 5.86. The van der Waals surface area contributed by atoms with Crippen LogP contribution in [-0.4, -0.2) is 56.1 Å². The predicted molar refractivity (Wildman–Crippen MR) is 158 cm³/mol. The summed E-state index contributed by atoms with van der Waals surface area (Å²) >= 11 is 0. The van der Waals surface area contributed by atoms with E-state index in [-0.39, 0.29) is 22.7 Å². The van der Waals surface area contributed by atoms with Gasteiger partial charge in [-0.1, -0.05) is 25.3 Å². The Kier molecular flexibility index (Phi) is 10.5. The SMILES string of the molecule is COc1cc(F)c(OC2CCC(C)(C(=O)O)CC2)cc1C(=O)NC1CCCCC[C@H]1C(=O)Nc1cccc(S(=O)(=O)C(F)(F)F)c1. The van der Waals surface area contributed by atoms with Gasteiger partial charge in [-0.25, -0.2) is 12.8 Å². The molecule has 1 unspecified atom stereocenters. The second-order valence-electron chi connectivity index (χ2n) is 12.0. The Morgan fingerprint density at radius 1 is 0.978 bits per heavy atom. The number of ether oxygens (including phenoxy) is 2. The van der Waals surface area contributed by atoms with E-state index in [1.807, 2.05) is 0 Å². The Morgan fingerprint density at radius 2 is 1.65 bits per heavy atom. The van der Waals surface area contributed by atoms with Crippen molar-refractivity contribution in [3.05, 3.63) is 47.8 Å². The number of anilines is 1. The van der Waals surface area contributed by atoms with Gasteiger partial charge in [-0.15, -0.1) is 0 Å². The molecule has 2 atom stereocenters. The van der Waals surface area contributed by atoms with Gasteiger partial charge in [0.15, 0.2) is 11.6 Å². The first-order valence-electron chi connectivity index (χ1n) is 14.9. The van der Waals surface area contributed by atoms with E-state index in [4.69, 9.17) is 9.47 Å². The molecule has 0 aromatic heterocycles. The van der Waals surface area contributed by atoms with E-state index in [1.54, 1.807) is 6.92 Å². The minimum atomic E-state index is -5.63. The number of amides is 2. The van der Waals surface area contributed by atoms with Crippen LogP contribution in [0.15, 0.2) is 41.3 Å². The molecule has 0 bridgehead atoms. The van der Waals surface area contributed by atoms with Crippen LogP contribution in [0.3, 0.4) is 0 Å². The zero-order valence-electron chi connectivity index (χ0n) is 25.3. The first-order valence-corrected chi connectivity index (χ1v) is 16.3. The van der Waals surface area contributed by atoms with Crippen LogP contribution >= 0.6 is 0 Å². The zero-order chi connectivity index (χ0) is 33.9. The monoisotopic (exact) mass is 672 g/mol. The van der Waals surface area contributed by atoms with Gasteiger partial charge in [-0.3, -0.25) is 14.4 Å². The maximum Gasteiger partial charge on any atom is 0.501 e. The summed E-state index contributed by atoms with van der Waals surface area (Å²) in [6.07, 6.45) is 3.75. The highest BCUT2D eigenvalue weighted by Crippen LogP contribution is 2.39. The van der Waals surface area contributed by atoms with Gasteiger partial charge in [0.25, 0.3) is 15.7 Å². The van der Waals surface area contributed by atoms with Gasteiger partial charge in [-0.2, -0.15) is 13.2 Å². The van der Waals surface area contributed by atoms with Crippen molar-refractivity contribution in [2.24, 2.45) is 11.3 Å². The van der Waals surface area contributed by atoms with Gasteiger partial charge in [0, 0.05) is 17.8 Å². The van der Waals surface area contributed by atoms with E-state index in [0.29, 0.717) is 51.4 Å². The van der Waals surface area contributed by atoms with Gasteiger partial charge >= 0.3 is 11.5 Å². The van der Waals surface area contributed by atoms with E-state index < -0.39 is 67.3 Å². The standard InChI is InChI=1S/C31H36F4N2O8S/c1-30(29(40)41)13-11-19(12-14-30)45-26-16-22(25(44-2)17-23(26)32)28(39)37-24-10-5-3-4-9-21(24)27(38)36-18-7-6-8-20(15-18)46(42,43)31(33,34)35/h6-8,15-17,19,21,24H,3-5,9-14H2,1-2H3,(H,36,38)(H,37,39)(H,40,41)/t19?,21-,24?,30?/m1/s1. The summed E-state index contributed by atoms with van der Waals surface area (Å²) < 4.78 is 89.0. The van der Waals surface area contributed by atoms with Gasteiger partial charge in [0.1, 0.15) is 5.75 Å². The van der Waals surface area contributed by atoms with Gasteiger partial charge in [0.2, 0.25) is 5.91 Å². The topological polar surface area (TPSA) is 148 Å². The quantitative estimate of drug-likeness (QED) is 0.222. The van der Waals surface area contributed by atoms with Gasteiger partial charge in [-0.05, 0) is 69.7 Å². The van der Waals surface area contributed by atoms with Crippen molar-refractivity contribution in [1.29, 1.82) is 0 Å². The zero-order valence-corrected chi connectivity index (χ0v) is 26.1. The molecule has 15 heteroatoms. The lowest BCUT2D eigenvalue weighted by Crippen LogP contribution is -2.44. The van der Waals surface area contributed by atoms with Crippen LogP contribution in [0.25, 0.3) is 0 Å². The van der Waals surface area contributed by atoms with Crippen LogP contribution in [0.5, 0.6) is 11.5 Å². The van der Waals surface area contributed by atoms with Crippen molar-refractivity contribution in [2.45, 2.75) is 87.3 Å². The van der Waals surface area contributed by atoms with E-state index in [9.17, 15) is 45.5 Å². The molecule has 3 N–H and O–H groups in total. The average Bonchev–Trinajstić information content (AvgIpc) is 3.24. The third-order valence-corrected chi connectivity index (χ3v) is 10.2. The van der Waals surface area contributed by atoms with E-state index in [1.165, 1.54) is 19.2 Å². The van der Waals surface area contributed by atoms with Crippen molar-refractivity contribution >= 4 is 33.3 Å². The first-order chi connectivity index (χ1) is 21.6. The van der Waals surface area contributed by atoms with Crippen LogP contribution in [0.4, 0.5) is 23.2 Å². The minimum Gasteiger partial charge on any atom is -0.496 e. The number of rotatable bonds is 9. The highest BCUT2D eigenvalue weighted by atomic mass is 32.2. The number of hydrogen-bond acceptors (Lipinski definition) is 7. The molecule has 252 valence electrons. The fraction of sp³-hybridized carbons (Fsp3) is 0.516. The Balaban J connectivity index is 1.51. The van der Waals surface area contributed by atoms with Crippen LogP contribution in [0.1, 0.15) is 75.1 Å². The summed E-state index contributed by atoms with van der Waals surface area (Å²) in [7, 11) is -4.38. The molecule has 2 aliphatic rings. The summed E-state index contributed by atoms with van der Waals surface area (Å²) in [5, 5.41) is 14.8. The number of methoxy groups -OCH3 is 1. The molecule has 4 rings (SSSR count). The fourth-order valence-corrected chi connectivity index (χ4v) is 6.67. The lowest BCUT2D eigenvalue weighted by Gasteiger charge is -2.34. The van der Waals surface area contributed by atoms with E-state index in [2.05, 4.69) is 10.6 Å². The van der Waals surface area contributed by atoms with Crippen molar-refractivity contribution in [1.82, 2.24) is 5.32 Å². The number of carboxylic acid groups (broad SMARTS) is 1. The average molecular weight is 673 g/mol. The Morgan fingerprint density at radius 3 is 2.28 bits per heavy atom. The number of hydrogen-bond donors (Lipinski definition) is 3. The van der Waals surface area contributed by atoms with Crippen molar-refractivity contribution < 1.29 is 54.9 Å². The molecule has 0 spiro atoms. The lowest BCUT2D eigenvalue weighted by atomic mass is 9.75. The molecule has 2 aliphatic carbocycles. The number of nitrogens with one attached hydrogen (secondary N) is 2. The molecular formula is C31H36F4N2O8S. The molecule has 2 aromatic rings. The summed E-state index contributed by atoms with van der Waals surface area (Å²) in [4.78, 5) is 37.5. The number of carbonyl (C=O) groups is 3. The number of sulfone groups is 1. The third-order valence-electron chi connectivity index (χ3n) is 8.73. The maximum absolute atomic E-state index is 15.0. The largest absolute Gasteiger partial charge is 0.501 e. The minimum absolute atomic E-state index is 0.0569. The molecule has 2 fully saturated rings. The summed E-state index contributed by atoms with van der Waals surface area (Å²) in [6, 6.07) is 5.34. The molecule has 46 heavy (non-hydrogen) atoms. The Hall–Kier alpha value is -3.88. The molecule has 2 aromatic carbocycles. The smallest absolute Gasteiger partial charge is 0.496 e. The van der Waals surface area contributed by atoms with Crippen molar-refractivity contribution in [3.8, 4) is 11.5 Å². The third kappa shape index (κ3) is 7.73. The van der Waals surface area contributed by atoms with Crippen LogP contribution in [0.2, 0.25) is 0 Å². The molecule has 2 amide bonds. The van der Waals surface area contributed by atoms with Gasteiger partial charge in [0.05, 0.1) is 35.0 Å². The molecule has 10 nitrogen and oxygen atoms in total. The molecule has 0 aliphatic heterocycles. The number of aliphatic carboxylic acids is 1. The van der Waals surface area contributed by atoms with Crippen molar-refractivity contribution in [3.63, 3.8) is 0 Å². The molecule has 0 saturated heterocycles. The van der Waals surface area contributed by atoms with Crippen LogP contribution in [0, 0.1) is 17.2 Å². The Bertz CT molecular complexity index is 1570. The Labute approximate surface area is 263 Å². The second-order valence-corrected chi connectivity index (χ2v) is 13.9. The van der Waals surface area contributed by atoms with Crippen LogP contribution < -0.4 is 20.1 Å². The maximum atomic E-state index is 15.0. The molecule has 0 radical (unpaired) electrons. The summed E-state index contributed by atoms with van der Waals surface area (Å²) in [6.45, 7) is 1.65. The highest BCUT2D eigenvalue weighted by Gasteiger charge is 2.47. The van der Waals surface area contributed by atoms with Crippen LogP contribution in [-0.2, 0) is 19.4 Å². The number of benzene rings is 2. The van der Waals surface area contributed by atoms with E-state index >= 15 is 0 Å². The summed E-state index contributed by atoms with van der Waals surface area (Å²) in [5.41, 5.74) is -6.62. The lowest BCUT2D eigenvalue weighted by molar-refractivity contribution is -0.150. The molecular weight excluding hydrogens is 636 g/mol. The fourth-order valence-electron chi connectivity index (χ4n) is 5.86. The molecule has 2 saturated carbocycles. The van der Waals surface area contributed by atoms with Crippen molar-refractivity contribution in [2.75, 3.05) is 12.4 Å². The molecule has 0 heterocycles. The highest BCUT2D eigenvalue weighted by molar-refractivity contribution is 7.92. The number of carbonyl (C=O) groups excluding carboxylic acids is 2. The normalized spacial score (nSPS) is 23.9.